The summed E-state index contributed by atoms with van der Waals surface area (Å²) in [5, 5.41) is 0. The minimum absolute atomic E-state index is 0.546. The molecule has 8 atom stereocenters. The van der Waals surface area contributed by atoms with Crippen molar-refractivity contribution in [3.63, 3.8) is 0 Å². The van der Waals surface area contributed by atoms with Crippen LogP contribution in [0.4, 0.5) is 0 Å². The van der Waals surface area contributed by atoms with E-state index in [1.807, 2.05) is 11.1 Å². The van der Waals surface area contributed by atoms with Crippen LogP contribution >= 0.6 is 0 Å². The molecule has 0 N–H and O–H groups in total. The highest BCUT2D eigenvalue weighted by atomic mass is 14.7. The molecular formula is C25H40. The van der Waals surface area contributed by atoms with E-state index in [0.29, 0.717) is 16.2 Å². The number of allylic oxidation sites excluding steroid dienone is 2. The van der Waals surface area contributed by atoms with Gasteiger partial charge in [0, 0.05) is 0 Å². The van der Waals surface area contributed by atoms with Crippen LogP contribution in [0.5, 0.6) is 0 Å². The quantitative estimate of drug-likeness (QED) is 0.441. The lowest BCUT2D eigenvalue weighted by atomic mass is 9.53. The molecule has 0 aliphatic heterocycles. The van der Waals surface area contributed by atoms with Crippen LogP contribution < -0.4 is 0 Å². The van der Waals surface area contributed by atoms with Gasteiger partial charge >= 0.3 is 0 Å². The molecule has 5 aliphatic carbocycles. The Bertz CT molecular complexity index is 626. The van der Waals surface area contributed by atoms with Crippen molar-refractivity contribution in [2.75, 3.05) is 0 Å². The Labute approximate surface area is 156 Å². The Hall–Kier alpha value is -0.260. The largest absolute Gasteiger partial charge is 0.0673 e. The van der Waals surface area contributed by atoms with Crippen LogP contribution in [0.3, 0.4) is 0 Å². The molecule has 5 aliphatic rings. The van der Waals surface area contributed by atoms with Gasteiger partial charge in [-0.05, 0) is 110 Å². The molecule has 0 heteroatoms. The van der Waals surface area contributed by atoms with Crippen LogP contribution in [-0.4, -0.2) is 0 Å². The summed E-state index contributed by atoms with van der Waals surface area (Å²) in [5.41, 5.74) is 5.68. The third kappa shape index (κ3) is 1.76. The summed E-state index contributed by atoms with van der Waals surface area (Å²) in [6, 6.07) is 0. The summed E-state index contributed by atoms with van der Waals surface area (Å²) in [7, 11) is 0. The third-order valence-corrected chi connectivity index (χ3v) is 11.1. The lowest BCUT2D eigenvalue weighted by molar-refractivity contribution is 0.00599. The minimum Gasteiger partial charge on any atom is -0.0673 e. The minimum atomic E-state index is 0.546. The van der Waals surface area contributed by atoms with E-state index in [2.05, 4.69) is 41.5 Å². The Morgan fingerprint density at radius 1 is 0.960 bits per heavy atom. The molecule has 4 saturated carbocycles. The first-order chi connectivity index (χ1) is 11.7. The monoisotopic (exact) mass is 340 g/mol. The predicted molar refractivity (Wildman–Crippen MR) is 106 cm³/mol. The second-order valence-electron chi connectivity index (χ2n) is 11.9. The molecular weight excluding hydrogens is 300 g/mol. The molecule has 0 saturated heterocycles. The summed E-state index contributed by atoms with van der Waals surface area (Å²) >= 11 is 0. The van der Waals surface area contributed by atoms with E-state index in [0.717, 1.165) is 35.5 Å². The number of rotatable bonds is 1. The van der Waals surface area contributed by atoms with Gasteiger partial charge in [0.2, 0.25) is 0 Å². The van der Waals surface area contributed by atoms with Gasteiger partial charge in [0.25, 0.3) is 0 Å². The van der Waals surface area contributed by atoms with Gasteiger partial charge in [-0.2, -0.15) is 0 Å². The van der Waals surface area contributed by atoms with Crippen LogP contribution in [0.15, 0.2) is 11.1 Å². The Morgan fingerprint density at radius 3 is 2.44 bits per heavy atom. The van der Waals surface area contributed by atoms with Gasteiger partial charge in [0.1, 0.15) is 0 Å². The first-order valence-electron chi connectivity index (χ1n) is 11.4. The smallest absolute Gasteiger partial charge is 0.00514 e. The Balaban J connectivity index is 1.60. The van der Waals surface area contributed by atoms with Gasteiger partial charge < -0.3 is 0 Å². The van der Waals surface area contributed by atoms with Crippen LogP contribution in [-0.2, 0) is 0 Å². The molecule has 0 aromatic heterocycles. The summed E-state index contributed by atoms with van der Waals surface area (Å²) in [6.45, 7) is 15.5. The Morgan fingerprint density at radius 2 is 1.72 bits per heavy atom. The zero-order valence-electron chi connectivity index (χ0n) is 17.6. The second kappa shape index (κ2) is 4.96. The standard InChI is InChI=1S/C25H40/c1-15(2)18-8-10-23(5)14-19-17(4)24(6)11-9-20-16(3)7-12-25(20,24)22(19)13-21(18)23/h15-16,18,20-22H,7-14H2,1-6H3/t16?,18-,20-,21+,22-,23-,24-,25+/m0/s1. The molecule has 0 aromatic rings. The Kier molecular flexibility index (Phi) is 3.35. The first-order valence-corrected chi connectivity index (χ1v) is 11.4. The van der Waals surface area contributed by atoms with Gasteiger partial charge in [0.05, 0.1) is 0 Å². The zero-order valence-corrected chi connectivity index (χ0v) is 17.6. The van der Waals surface area contributed by atoms with E-state index >= 15 is 0 Å². The molecule has 0 aromatic carbocycles. The van der Waals surface area contributed by atoms with Crippen molar-refractivity contribution in [2.45, 2.75) is 92.9 Å². The van der Waals surface area contributed by atoms with Crippen LogP contribution in [0.25, 0.3) is 0 Å². The average molecular weight is 341 g/mol. The van der Waals surface area contributed by atoms with E-state index in [4.69, 9.17) is 0 Å². The van der Waals surface area contributed by atoms with Crippen molar-refractivity contribution < 1.29 is 0 Å². The van der Waals surface area contributed by atoms with Crippen molar-refractivity contribution in [1.82, 2.24) is 0 Å². The summed E-state index contributed by atoms with van der Waals surface area (Å²) in [6.07, 6.45) is 12.1. The van der Waals surface area contributed by atoms with Gasteiger partial charge in [-0.3, -0.25) is 0 Å². The lowest BCUT2D eigenvalue weighted by Crippen LogP contribution is -2.44. The first kappa shape index (κ1) is 16.9. The van der Waals surface area contributed by atoms with Crippen molar-refractivity contribution >= 4 is 0 Å². The van der Waals surface area contributed by atoms with E-state index in [9.17, 15) is 0 Å². The molecule has 1 unspecified atom stereocenters. The fourth-order valence-corrected chi connectivity index (χ4v) is 9.72. The molecule has 0 bridgehead atoms. The summed E-state index contributed by atoms with van der Waals surface area (Å²) in [4.78, 5) is 0. The van der Waals surface area contributed by atoms with Crippen molar-refractivity contribution in [3.05, 3.63) is 11.1 Å². The maximum Gasteiger partial charge on any atom is -0.00514 e. The molecule has 4 fully saturated rings. The number of fused-ring (bicyclic) bond motifs is 2. The fraction of sp³-hybridized carbons (Fsp3) is 0.920. The zero-order chi connectivity index (χ0) is 17.8. The average Bonchev–Trinajstić information content (AvgIpc) is 3.20. The van der Waals surface area contributed by atoms with E-state index in [1.54, 1.807) is 6.42 Å². The van der Waals surface area contributed by atoms with E-state index in [1.165, 1.54) is 44.9 Å². The van der Waals surface area contributed by atoms with Crippen LogP contribution in [0.2, 0.25) is 0 Å². The van der Waals surface area contributed by atoms with Crippen molar-refractivity contribution in [3.8, 4) is 0 Å². The third-order valence-electron chi connectivity index (χ3n) is 11.1. The molecule has 0 amide bonds. The summed E-state index contributed by atoms with van der Waals surface area (Å²) < 4.78 is 0. The van der Waals surface area contributed by atoms with Gasteiger partial charge in [-0.1, -0.05) is 45.8 Å². The highest BCUT2D eigenvalue weighted by Crippen LogP contribution is 2.79. The van der Waals surface area contributed by atoms with E-state index < -0.39 is 0 Å². The molecule has 25 heavy (non-hydrogen) atoms. The van der Waals surface area contributed by atoms with E-state index in [-0.39, 0.29) is 0 Å². The highest BCUT2D eigenvalue weighted by molar-refractivity contribution is 5.41. The van der Waals surface area contributed by atoms with Gasteiger partial charge in [-0.25, -0.2) is 0 Å². The second-order valence-corrected chi connectivity index (χ2v) is 11.9. The van der Waals surface area contributed by atoms with Crippen molar-refractivity contribution in [2.24, 2.45) is 51.8 Å². The van der Waals surface area contributed by atoms with Crippen molar-refractivity contribution in [1.29, 1.82) is 0 Å². The van der Waals surface area contributed by atoms with Gasteiger partial charge in [-0.15, -0.1) is 0 Å². The highest BCUT2D eigenvalue weighted by Gasteiger charge is 2.70. The number of hydrogen-bond donors (Lipinski definition) is 0. The van der Waals surface area contributed by atoms with Crippen LogP contribution in [0, 0.1) is 51.8 Å². The molecule has 0 radical (unpaired) electrons. The van der Waals surface area contributed by atoms with Gasteiger partial charge in [0.15, 0.2) is 0 Å². The normalized spacial score (nSPS) is 57.0. The molecule has 1 spiro atoms. The topological polar surface area (TPSA) is 0 Å². The SMILES string of the molecule is CC1=C2C[C@]3(C)CC[C@@H](C(C)C)[C@H]3C[C@@H]2[C@@]23CCC(C)[C@@H]2CC[C@@]13C. The molecule has 5 rings (SSSR count). The number of hydrogen-bond acceptors (Lipinski definition) is 0. The maximum absolute atomic E-state index is 2.70. The molecule has 0 heterocycles. The molecule has 0 nitrogen and oxygen atoms in total. The van der Waals surface area contributed by atoms with Crippen LogP contribution in [0.1, 0.15) is 92.9 Å². The fourth-order valence-electron chi connectivity index (χ4n) is 9.72. The maximum atomic E-state index is 2.70. The predicted octanol–water partition coefficient (Wildman–Crippen LogP) is 7.25. The molecule has 140 valence electrons. The lowest BCUT2D eigenvalue weighted by Gasteiger charge is -2.51. The summed E-state index contributed by atoms with van der Waals surface area (Å²) in [5.74, 6) is 5.83.